The van der Waals surface area contributed by atoms with Crippen LogP contribution >= 0.6 is 0 Å². The molecular formula is C5H13AsO. The molecule has 2 heteroatoms. The fourth-order valence-electron chi connectivity index (χ4n) is 0. The third-order valence-electron chi connectivity index (χ3n) is 1.08. The molecular weight excluding hydrogens is 151 g/mol. The van der Waals surface area contributed by atoms with E-state index < -0.39 is 0 Å². The van der Waals surface area contributed by atoms with Crippen LogP contribution in [0, 0.1) is 0 Å². The van der Waals surface area contributed by atoms with Crippen LogP contribution in [0.4, 0.5) is 0 Å². The molecule has 0 rings (SSSR count). The minimum atomic E-state index is -0.174. The average molecular weight is 164 g/mol. The summed E-state index contributed by atoms with van der Waals surface area (Å²) in [7, 11) is 0. The Bertz CT molecular complexity index is 53.6. The van der Waals surface area contributed by atoms with Crippen LogP contribution in [0.25, 0.3) is 0 Å². The van der Waals surface area contributed by atoms with E-state index in [0.717, 1.165) is 0 Å². The van der Waals surface area contributed by atoms with E-state index in [1.54, 1.807) is 16.9 Å². The molecule has 44 valence electrons. The van der Waals surface area contributed by atoms with E-state index in [1.807, 2.05) is 20.8 Å². The molecule has 0 aliphatic heterocycles. The van der Waals surface area contributed by atoms with Gasteiger partial charge in [-0.05, 0) is 0 Å². The predicted molar refractivity (Wildman–Crippen MR) is 34.3 cm³/mol. The number of aliphatic hydroxyl groups excluding tert-OH is 1. The van der Waals surface area contributed by atoms with Gasteiger partial charge in [-0.3, -0.25) is 0 Å². The van der Waals surface area contributed by atoms with Gasteiger partial charge in [0.05, 0.1) is 0 Å². The van der Waals surface area contributed by atoms with E-state index >= 15 is 0 Å². The Morgan fingerprint density at radius 2 is 1.71 bits per heavy atom. The maximum absolute atomic E-state index is 8.90. The van der Waals surface area contributed by atoms with Crippen molar-refractivity contribution in [1.29, 1.82) is 0 Å². The minimum absolute atomic E-state index is 0.118. The maximum atomic E-state index is 8.90. The molecule has 0 aromatic rings. The third-order valence-corrected chi connectivity index (χ3v) is 2.09. The first-order valence-corrected chi connectivity index (χ1v) is 3.62. The molecule has 0 heterocycles. The van der Waals surface area contributed by atoms with Crippen LogP contribution in [0.1, 0.15) is 20.8 Å². The summed E-state index contributed by atoms with van der Waals surface area (Å²) >= 11 is 1.58. The van der Waals surface area contributed by atoms with E-state index in [1.165, 1.54) is 0 Å². The molecule has 2 unspecified atom stereocenters. The van der Waals surface area contributed by atoms with E-state index in [4.69, 9.17) is 5.11 Å². The van der Waals surface area contributed by atoms with Crippen LogP contribution < -0.4 is 0 Å². The summed E-state index contributed by atoms with van der Waals surface area (Å²) in [6, 6.07) is 0. The summed E-state index contributed by atoms with van der Waals surface area (Å²) in [5.41, 5.74) is 0. The van der Waals surface area contributed by atoms with Crippen LogP contribution in [0.3, 0.4) is 0 Å². The van der Waals surface area contributed by atoms with Crippen molar-refractivity contribution >= 4 is 16.9 Å². The predicted octanol–water partition coefficient (Wildman–Crippen LogP) is 0.199. The summed E-state index contributed by atoms with van der Waals surface area (Å²) in [6.45, 7) is 5.90. The van der Waals surface area contributed by atoms with Gasteiger partial charge >= 0.3 is 53.0 Å². The summed E-state index contributed by atoms with van der Waals surface area (Å²) in [5, 5.41) is 8.90. The van der Waals surface area contributed by atoms with Crippen molar-refractivity contribution in [3.63, 3.8) is 0 Å². The first-order valence-electron chi connectivity index (χ1n) is 2.41. The second kappa shape index (κ2) is 2.19. The van der Waals surface area contributed by atoms with Gasteiger partial charge in [0, 0.05) is 0 Å². The normalized spacial score (nSPS) is 16.7. The van der Waals surface area contributed by atoms with Crippen LogP contribution in [0.2, 0.25) is 4.20 Å². The molecule has 1 N–H and O–H groups in total. The zero-order chi connectivity index (χ0) is 6.08. The quantitative estimate of drug-likeness (QED) is 0.549. The standard InChI is InChI=1S/C5H13AsO/c1-4(7)5(2,3)6/h4,7H,6H2,1-3H3. The Morgan fingerprint density at radius 1 is 1.57 bits per heavy atom. The van der Waals surface area contributed by atoms with Crippen molar-refractivity contribution in [2.75, 3.05) is 0 Å². The fourth-order valence-corrected chi connectivity index (χ4v) is 0. The number of aliphatic hydroxyl groups is 1. The summed E-state index contributed by atoms with van der Waals surface area (Å²) in [5.74, 6) is 0. The van der Waals surface area contributed by atoms with Gasteiger partial charge in [0.25, 0.3) is 0 Å². The van der Waals surface area contributed by atoms with Crippen LogP contribution in [0.15, 0.2) is 0 Å². The van der Waals surface area contributed by atoms with Gasteiger partial charge < -0.3 is 0 Å². The van der Waals surface area contributed by atoms with Gasteiger partial charge in [-0.1, -0.05) is 0 Å². The van der Waals surface area contributed by atoms with Crippen molar-refractivity contribution in [3.8, 4) is 0 Å². The molecule has 0 bridgehead atoms. The van der Waals surface area contributed by atoms with Crippen molar-refractivity contribution in [1.82, 2.24) is 0 Å². The number of hydrogen-bond donors (Lipinski definition) is 1. The van der Waals surface area contributed by atoms with Crippen molar-refractivity contribution in [3.05, 3.63) is 0 Å². The van der Waals surface area contributed by atoms with E-state index in [2.05, 4.69) is 0 Å². The zero-order valence-electron chi connectivity index (χ0n) is 5.10. The van der Waals surface area contributed by atoms with Crippen molar-refractivity contribution < 1.29 is 5.11 Å². The second-order valence-electron chi connectivity index (χ2n) is 2.50. The van der Waals surface area contributed by atoms with Crippen LogP contribution in [0.5, 0.6) is 0 Å². The number of rotatable bonds is 1. The fraction of sp³-hybridized carbons (Fsp3) is 1.00. The van der Waals surface area contributed by atoms with Gasteiger partial charge in [0.2, 0.25) is 0 Å². The molecule has 0 saturated heterocycles. The SMILES string of the molecule is CC(O)C(C)(C)[AsH2]. The summed E-state index contributed by atoms with van der Waals surface area (Å²) in [6.07, 6.45) is -0.174. The molecule has 0 spiro atoms. The number of hydrogen-bond acceptors (Lipinski definition) is 1. The molecule has 7 heavy (non-hydrogen) atoms. The molecule has 0 saturated carbocycles. The monoisotopic (exact) mass is 164 g/mol. The first-order chi connectivity index (χ1) is 2.94. The molecule has 0 amide bonds. The molecule has 0 aromatic heterocycles. The van der Waals surface area contributed by atoms with Gasteiger partial charge in [0.15, 0.2) is 0 Å². The van der Waals surface area contributed by atoms with E-state index in [0.29, 0.717) is 0 Å². The van der Waals surface area contributed by atoms with Crippen molar-refractivity contribution in [2.45, 2.75) is 31.1 Å². The molecule has 0 aliphatic rings. The van der Waals surface area contributed by atoms with Gasteiger partial charge in [-0.25, -0.2) is 0 Å². The summed E-state index contributed by atoms with van der Waals surface area (Å²) in [4.78, 5) is 0. The van der Waals surface area contributed by atoms with Crippen LogP contribution in [-0.4, -0.2) is 28.1 Å². The summed E-state index contributed by atoms with van der Waals surface area (Å²) < 4.78 is 0.118. The zero-order valence-corrected chi connectivity index (χ0v) is 7.52. The van der Waals surface area contributed by atoms with E-state index in [-0.39, 0.29) is 10.3 Å². The second-order valence-corrected chi connectivity index (χ2v) is 5.62. The van der Waals surface area contributed by atoms with Gasteiger partial charge in [0.1, 0.15) is 0 Å². The van der Waals surface area contributed by atoms with Crippen LogP contribution in [-0.2, 0) is 0 Å². The molecule has 0 fully saturated rings. The Labute approximate surface area is 53.6 Å². The Kier molecular flexibility index (Phi) is 2.35. The Hall–Kier alpha value is 0.518. The van der Waals surface area contributed by atoms with Gasteiger partial charge in [-0.15, -0.1) is 0 Å². The van der Waals surface area contributed by atoms with E-state index in [9.17, 15) is 0 Å². The first kappa shape index (κ1) is 7.52. The topological polar surface area (TPSA) is 20.2 Å². The molecule has 0 aliphatic carbocycles. The molecule has 2 atom stereocenters. The Morgan fingerprint density at radius 3 is 1.71 bits per heavy atom. The van der Waals surface area contributed by atoms with Crippen molar-refractivity contribution in [2.24, 2.45) is 0 Å². The molecule has 1 nitrogen and oxygen atoms in total. The third kappa shape index (κ3) is 3.13. The Balaban J connectivity index is 3.54. The molecule has 0 radical (unpaired) electrons. The average Bonchev–Trinajstić information content (AvgIpc) is 1.31. The van der Waals surface area contributed by atoms with Gasteiger partial charge in [-0.2, -0.15) is 0 Å². The molecule has 0 aromatic carbocycles.